The van der Waals surface area contributed by atoms with Gasteiger partial charge in [-0.2, -0.15) is 0 Å². The molecule has 5 nitrogen and oxygen atoms in total. The normalized spacial score (nSPS) is 25.9. The number of nitrogens with zero attached hydrogens (tertiary/aromatic N) is 1. The fourth-order valence-electron chi connectivity index (χ4n) is 3.70. The summed E-state index contributed by atoms with van der Waals surface area (Å²) in [6.07, 6.45) is 6.82. The molecule has 0 aromatic heterocycles. The molecular formula is C22H30N2O3. The Labute approximate surface area is 162 Å². The summed E-state index contributed by atoms with van der Waals surface area (Å²) in [5.41, 5.74) is 1.28. The molecule has 2 aliphatic rings. The van der Waals surface area contributed by atoms with Crippen molar-refractivity contribution in [3.8, 4) is 0 Å². The molecule has 3 rings (SSSR count). The van der Waals surface area contributed by atoms with Gasteiger partial charge in [0.15, 0.2) is 0 Å². The maximum atomic E-state index is 12.8. The van der Waals surface area contributed by atoms with Crippen molar-refractivity contribution < 1.29 is 14.3 Å². The van der Waals surface area contributed by atoms with Crippen molar-refractivity contribution in [2.24, 2.45) is 0 Å². The molecule has 1 aliphatic carbocycles. The zero-order valence-electron chi connectivity index (χ0n) is 16.7. The van der Waals surface area contributed by atoms with Crippen molar-refractivity contribution >= 4 is 11.7 Å². The fraction of sp³-hybridized carbons (Fsp3) is 0.500. The first-order valence-electron chi connectivity index (χ1n) is 9.55. The third-order valence-electron chi connectivity index (χ3n) is 5.11. The molecule has 5 heteroatoms. The third-order valence-corrected chi connectivity index (χ3v) is 5.11. The van der Waals surface area contributed by atoms with Crippen LogP contribution in [0.5, 0.6) is 0 Å². The van der Waals surface area contributed by atoms with Gasteiger partial charge < -0.3 is 14.8 Å². The standard InChI is InChI=1S/C22H30N2O3/c1-21(2,3)27-20(25)24-15-14-23-16-19(24)22(26-4)12-10-18(11-13-22)17-8-6-5-7-9-17/h5-12,19,23H,13-16H2,1-4H3. The second-order valence-corrected chi connectivity index (χ2v) is 8.12. The quantitative estimate of drug-likeness (QED) is 0.883. The van der Waals surface area contributed by atoms with Crippen LogP contribution in [-0.2, 0) is 9.47 Å². The number of benzene rings is 1. The van der Waals surface area contributed by atoms with E-state index in [9.17, 15) is 4.79 Å². The first-order chi connectivity index (χ1) is 12.8. The van der Waals surface area contributed by atoms with Crippen molar-refractivity contribution in [2.45, 2.75) is 44.4 Å². The lowest BCUT2D eigenvalue weighted by Gasteiger charge is -2.46. The topological polar surface area (TPSA) is 50.8 Å². The Morgan fingerprint density at radius 2 is 2.00 bits per heavy atom. The summed E-state index contributed by atoms with van der Waals surface area (Å²) in [6.45, 7) is 7.71. The van der Waals surface area contributed by atoms with E-state index in [4.69, 9.17) is 9.47 Å². The molecule has 27 heavy (non-hydrogen) atoms. The minimum atomic E-state index is -0.567. The van der Waals surface area contributed by atoms with E-state index < -0.39 is 11.2 Å². The first-order valence-corrected chi connectivity index (χ1v) is 9.55. The molecule has 0 spiro atoms. The van der Waals surface area contributed by atoms with E-state index >= 15 is 0 Å². The summed E-state index contributed by atoms with van der Waals surface area (Å²) >= 11 is 0. The Morgan fingerprint density at radius 1 is 1.26 bits per heavy atom. The highest BCUT2D eigenvalue weighted by Gasteiger charge is 2.45. The highest BCUT2D eigenvalue weighted by atomic mass is 16.6. The van der Waals surface area contributed by atoms with Crippen molar-refractivity contribution in [1.82, 2.24) is 10.2 Å². The first kappa shape index (κ1) is 19.6. The third kappa shape index (κ3) is 4.42. The Morgan fingerprint density at radius 3 is 2.59 bits per heavy atom. The van der Waals surface area contributed by atoms with E-state index in [-0.39, 0.29) is 12.1 Å². The van der Waals surface area contributed by atoms with Crippen LogP contribution in [0.25, 0.3) is 5.57 Å². The number of carbonyl (C=O) groups is 1. The summed E-state index contributed by atoms with van der Waals surface area (Å²) in [5, 5.41) is 3.40. The lowest BCUT2D eigenvalue weighted by Crippen LogP contribution is -2.64. The van der Waals surface area contributed by atoms with Gasteiger partial charge in [0.2, 0.25) is 0 Å². The van der Waals surface area contributed by atoms with Crippen LogP contribution in [0.1, 0.15) is 32.8 Å². The van der Waals surface area contributed by atoms with Gasteiger partial charge in [-0.05, 0) is 38.0 Å². The molecule has 1 heterocycles. The molecular weight excluding hydrogens is 340 g/mol. The van der Waals surface area contributed by atoms with Crippen molar-refractivity contribution in [1.29, 1.82) is 0 Å². The molecule has 1 fully saturated rings. The highest BCUT2D eigenvalue weighted by Crippen LogP contribution is 2.34. The van der Waals surface area contributed by atoms with E-state index in [1.807, 2.05) is 43.9 Å². The van der Waals surface area contributed by atoms with Crippen LogP contribution in [0.4, 0.5) is 4.79 Å². The number of piperazine rings is 1. The molecule has 1 aromatic rings. The van der Waals surface area contributed by atoms with E-state index in [1.165, 1.54) is 11.1 Å². The monoisotopic (exact) mass is 370 g/mol. The van der Waals surface area contributed by atoms with E-state index in [0.29, 0.717) is 19.5 Å². The predicted molar refractivity (Wildman–Crippen MR) is 108 cm³/mol. The van der Waals surface area contributed by atoms with Gasteiger partial charge in [0, 0.05) is 33.2 Å². The molecule has 146 valence electrons. The number of amides is 1. The summed E-state index contributed by atoms with van der Waals surface area (Å²) in [5.74, 6) is 0. The second kappa shape index (κ2) is 7.87. The Bertz CT molecular complexity index is 721. The minimum absolute atomic E-state index is 0.129. The van der Waals surface area contributed by atoms with Crippen LogP contribution >= 0.6 is 0 Å². The number of rotatable bonds is 3. The van der Waals surface area contributed by atoms with E-state index in [2.05, 4.69) is 35.7 Å². The van der Waals surface area contributed by atoms with Crippen molar-refractivity contribution in [3.63, 3.8) is 0 Å². The maximum absolute atomic E-state index is 12.8. The average Bonchev–Trinajstić information content (AvgIpc) is 2.67. The lowest BCUT2D eigenvalue weighted by atomic mass is 9.82. The number of methoxy groups -OCH3 is 1. The maximum Gasteiger partial charge on any atom is 0.410 e. The molecule has 2 atom stereocenters. The van der Waals surface area contributed by atoms with Crippen molar-refractivity contribution in [3.05, 3.63) is 54.1 Å². The molecule has 0 bridgehead atoms. The van der Waals surface area contributed by atoms with Gasteiger partial charge >= 0.3 is 6.09 Å². The Hall–Kier alpha value is -2.11. The largest absolute Gasteiger partial charge is 0.444 e. The van der Waals surface area contributed by atoms with E-state index in [0.717, 1.165) is 6.54 Å². The van der Waals surface area contributed by atoms with Crippen LogP contribution in [0.15, 0.2) is 48.6 Å². The zero-order valence-corrected chi connectivity index (χ0v) is 16.7. The number of carbonyl (C=O) groups excluding carboxylic acids is 1. The summed E-state index contributed by atoms with van der Waals surface area (Å²) in [4.78, 5) is 14.6. The van der Waals surface area contributed by atoms with Gasteiger partial charge in [-0.15, -0.1) is 0 Å². The van der Waals surface area contributed by atoms with Gasteiger partial charge in [0.25, 0.3) is 0 Å². The molecule has 1 saturated heterocycles. The molecule has 0 saturated carbocycles. The van der Waals surface area contributed by atoms with Gasteiger partial charge in [-0.25, -0.2) is 4.79 Å². The predicted octanol–water partition coefficient (Wildman–Crippen LogP) is 3.62. The Kier molecular flexibility index (Phi) is 5.72. The fourth-order valence-corrected chi connectivity index (χ4v) is 3.70. The molecule has 1 aromatic carbocycles. The average molecular weight is 370 g/mol. The number of ether oxygens (including phenoxy) is 2. The number of hydrogen-bond acceptors (Lipinski definition) is 4. The summed E-state index contributed by atoms with van der Waals surface area (Å²) < 4.78 is 11.6. The van der Waals surface area contributed by atoms with Crippen LogP contribution in [0, 0.1) is 0 Å². The van der Waals surface area contributed by atoms with Crippen molar-refractivity contribution in [2.75, 3.05) is 26.7 Å². The van der Waals surface area contributed by atoms with Gasteiger partial charge in [-0.1, -0.05) is 42.5 Å². The van der Waals surface area contributed by atoms with Crippen LogP contribution < -0.4 is 5.32 Å². The van der Waals surface area contributed by atoms with Crippen LogP contribution in [-0.4, -0.2) is 55.0 Å². The number of allylic oxidation sites excluding steroid dienone is 2. The Balaban J connectivity index is 1.82. The smallest absolute Gasteiger partial charge is 0.410 e. The van der Waals surface area contributed by atoms with Gasteiger partial charge in [-0.3, -0.25) is 4.90 Å². The van der Waals surface area contributed by atoms with Crippen LogP contribution in [0.2, 0.25) is 0 Å². The van der Waals surface area contributed by atoms with Crippen LogP contribution in [0.3, 0.4) is 0 Å². The number of hydrogen-bond donors (Lipinski definition) is 1. The molecule has 1 amide bonds. The molecule has 1 aliphatic heterocycles. The minimum Gasteiger partial charge on any atom is -0.444 e. The summed E-state index contributed by atoms with van der Waals surface area (Å²) in [7, 11) is 1.72. The molecule has 0 radical (unpaired) electrons. The zero-order chi connectivity index (χ0) is 19.5. The second-order valence-electron chi connectivity index (χ2n) is 8.12. The SMILES string of the molecule is COC1(C2CNCCN2C(=O)OC(C)(C)C)C=CC(c2ccccc2)=CC1. The van der Waals surface area contributed by atoms with Gasteiger partial charge in [0.1, 0.15) is 11.2 Å². The van der Waals surface area contributed by atoms with E-state index in [1.54, 1.807) is 7.11 Å². The van der Waals surface area contributed by atoms with Gasteiger partial charge in [0.05, 0.1) is 6.04 Å². The lowest BCUT2D eigenvalue weighted by molar-refractivity contribution is -0.0586. The summed E-state index contributed by atoms with van der Waals surface area (Å²) in [6, 6.07) is 10.2. The highest BCUT2D eigenvalue weighted by molar-refractivity contribution is 5.76. The number of nitrogens with one attached hydrogen (secondary N) is 1. The molecule has 2 unspecified atom stereocenters. The molecule has 1 N–H and O–H groups in total.